The van der Waals surface area contributed by atoms with Crippen molar-refractivity contribution >= 4 is 19.4 Å². The molecule has 0 aliphatic rings. The van der Waals surface area contributed by atoms with Gasteiger partial charge < -0.3 is 34.3 Å². The number of aromatic amines is 2. The van der Waals surface area contributed by atoms with E-state index in [9.17, 15) is 28.7 Å². The van der Waals surface area contributed by atoms with Gasteiger partial charge in [0.15, 0.2) is 6.10 Å². The van der Waals surface area contributed by atoms with Crippen LogP contribution in [0, 0.1) is 0 Å². The van der Waals surface area contributed by atoms with Crippen molar-refractivity contribution in [2.24, 2.45) is 0 Å². The number of amides is 1. The Morgan fingerprint density at radius 3 is 2.48 bits per heavy atom. The standard InChI is InChI=1S/C7H10N3O8P.2Na/c11-4(2-18-19(15,16)17)6(13)9-3-1-8-7(14)10-5(3)12;;/h1,4,11H,2H2,(H,9,13)(H2,15,16,17)(H2,8,10,12,14);;/q;2*+1/p-2. The molecule has 1 rings (SSSR count). The van der Waals surface area contributed by atoms with E-state index >= 15 is 0 Å². The number of H-pyrrole nitrogens is 2. The third kappa shape index (κ3) is 9.06. The molecule has 1 aromatic heterocycles. The van der Waals surface area contributed by atoms with Crippen LogP contribution in [0.3, 0.4) is 0 Å². The Morgan fingerprint density at radius 1 is 1.43 bits per heavy atom. The van der Waals surface area contributed by atoms with Crippen molar-refractivity contribution in [1.29, 1.82) is 0 Å². The molecule has 0 fully saturated rings. The number of carbonyl (C=O) groups excluding carboxylic acids is 1. The third-order valence-corrected chi connectivity index (χ3v) is 2.24. The van der Waals surface area contributed by atoms with Crippen molar-refractivity contribution in [3.63, 3.8) is 0 Å². The molecule has 11 nitrogen and oxygen atoms in total. The number of phosphoric acid groups is 1. The molecule has 106 valence electrons. The van der Waals surface area contributed by atoms with Gasteiger partial charge in [0.1, 0.15) is 5.69 Å². The van der Waals surface area contributed by atoms with Gasteiger partial charge in [0.2, 0.25) is 0 Å². The van der Waals surface area contributed by atoms with E-state index in [4.69, 9.17) is 5.11 Å². The summed E-state index contributed by atoms with van der Waals surface area (Å²) in [6, 6.07) is 0. The number of hydrogen-bond acceptors (Lipinski definition) is 8. The van der Waals surface area contributed by atoms with Gasteiger partial charge in [-0.25, -0.2) is 4.79 Å². The maximum atomic E-state index is 11.3. The second-order valence-corrected chi connectivity index (χ2v) is 4.39. The Labute approximate surface area is 161 Å². The first-order chi connectivity index (χ1) is 8.69. The van der Waals surface area contributed by atoms with E-state index in [0.717, 1.165) is 6.20 Å². The van der Waals surface area contributed by atoms with E-state index < -0.39 is 37.7 Å². The molecule has 0 radical (unpaired) electrons. The summed E-state index contributed by atoms with van der Waals surface area (Å²) in [5, 5.41) is 11.1. The number of aliphatic hydroxyl groups is 1. The second-order valence-electron chi connectivity index (χ2n) is 3.23. The van der Waals surface area contributed by atoms with Gasteiger partial charge in [-0.3, -0.25) is 14.6 Å². The van der Waals surface area contributed by atoms with Gasteiger partial charge >= 0.3 is 64.8 Å². The van der Waals surface area contributed by atoms with Crippen LogP contribution in [0.5, 0.6) is 0 Å². The molecule has 4 N–H and O–H groups in total. The zero-order valence-electron chi connectivity index (χ0n) is 11.1. The first kappa shape index (κ1) is 23.5. The van der Waals surface area contributed by atoms with E-state index in [-0.39, 0.29) is 64.8 Å². The number of carbonyl (C=O) groups is 1. The van der Waals surface area contributed by atoms with E-state index in [1.54, 1.807) is 4.98 Å². The number of aromatic nitrogens is 2. The summed E-state index contributed by atoms with van der Waals surface area (Å²) in [6.45, 7) is -1.09. The Kier molecular flexibility index (Phi) is 11.3. The first-order valence-corrected chi connectivity index (χ1v) is 6.12. The van der Waals surface area contributed by atoms with Gasteiger partial charge in [0.25, 0.3) is 11.5 Å². The number of nitrogens with one attached hydrogen (secondary N) is 3. The number of rotatable bonds is 5. The maximum absolute atomic E-state index is 11.3. The van der Waals surface area contributed by atoms with Crippen molar-refractivity contribution in [1.82, 2.24) is 9.97 Å². The maximum Gasteiger partial charge on any atom is 1.00 e. The fraction of sp³-hybridized carbons (Fsp3) is 0.286. The van der Waals surface area contributed by atoms with Gasteiger partial charge in [-0.15, -0.1) is 0 Å². The smallest absolute Gasteiger partial charge is 0.790 e. The summed E-state index contributed by atoms with van der Waals surface area (Å²) < 4.78 is 13.8. The predicted molar refractivity (Wildman–Crippen MR) is 55.9 cm³/mol. The molecule has 0 bridgehead atoms. The zero-order valence-corrected chi connectivity index (χ0v) is 16.0. The number of aliphatic hydroxyl groups excluding tert-OH is 1. The molecular formula is C7H8N3Na2O8P. The van der Waals surface area contributed by atoms with Crippen molar-refractivity contribution < 1.29 is 87.9 Å². The number of hydrogen-bond donors (Lipinski definition) is 4. The van der Waals surface area contributed by atoms with E-state index in [1.807, 2.05) is 5.32 Å². The molecule has 0 spiro atoms. The average Bonchev–Trinajstić information content (AvgIpc) is 2.28. The molecule has 21 heavy (non-hydrogen) atoms. The molecule has 1 aromatic rings. The van der Waals surface area contributed by atoms with Crippen LogP contribution in [0.25, 0.3) is 0 Å². The molecule has 0 aliphatic heterocycles. The van der Waals surface area contributed by atoms with Crippen molar-refractivity contribution in [2.45, 2.75) is 6.10 Å². The molecule has 1 atom stereocenters. The average molecular weight is 339 g/mol. The van der Waals surface area contributed by atoms with Crippen LogP contribution in [0.4, 0.5) is 5.69 Å². The van der Waals surface area contributed by atoms with Crippen LogP contribution in [0.1, 0.15) is 0 Å². The van der Waals surface area contributed by atoms with Gasteiger partial charge in [0.05, 0.1) is 14.4 Å². The normalized spacial score (nSPS) is 11.8. The van der Waals surface area contributed by atoms with Crippen LogP contribution in [-0.4, -0.2) is 33.7 Å². The monoisotopic (exact) mass is 339 g/mol. The minimum atomic E-state index is -5.31. The molecule has 1 amide bonds. The molecular weight excluding hydrogens is 331 g/mol. The van der Waals surface area contributed by atoms with Gasteiger partial charge in [0, 0.05) is 6.20 Å². The molecule has 1 unspecified atom stereocenters. The van der Waals surface area contributed by atoms with E-state index in [0.29, 0.717) is 0 Å². The van der Waals surface area contributed by atoms with Crippen LogP contribution in [-0.2, 0) is 13.9 Å². The first-order valence-electron chi connectivity index (χ1n) is 4.66. The molecule has 0 saturated heterocycles. The summed E-state index contributed by atoms with van der Waals surface area (Å²) in [5.74, 6) is -1.19. The Hall–Kier alpha value is 0.220. The van der Waals surface area contributed by atoms with Crippen LogP contribution in [0.15, 0.2) is 15.8 Å². The van der Waals surface area contributed by atoms with E-state index in [2.05, 4.69) is 9.51 Å². The minimum Gasteiger partial charge on any atom is -0.790 e. The van der Waals surface area contributed by atoms with Crippen LogP contribution >= 0.6 is 7.82 Å². The van der Waals surface area contributed by atoms with Gasteiger partial charge in [-0.2, -0.15) is 0 Å². The van der Waals surface area contributed by atoms with Crippen LogP contribution < -0.4 is 85.5 Å². The minimum absolute atomic E-state index is 0. The number of anilines is 1. The number of phosphoric ester groups is 1. The van der Waals surface area contributed by atoms with E-state index in [1.165, 1.54) is 0 Å². The fourth-order valence-electron chi connectivity index (χ4n) is 0.956. The van der Waals surface area contributed by atoms with Crippen molar-refractivity contribution in [2.75, 3.05) is 11.9 Å². The zero-order chi connectivity index (χ0) is 14.6. The Balaban J connectivity index is 0. The summed E-state index contributed by atoms with van der Waals surface area (Å²) in [5.41, 5.74) is -2.11. The van der Waals surface area contributed by atoms with Crippen molar-refractivity contribution in [3.8, 4) is 0 Å². The predicted octanol–water partition coefficient (Wildman–Crippen LogP) is -9.78. The molecule has 14 heteroatoms. The molecule has 0 aliphatic carbocycles. The largest absolute Gasteiger partial charge is 1.00 e. The second kappa shape index (κ2) is 10.1. The quantitative estimate of drug-likeness (QED) is 0.300. The molecule has 0 aromatic carbocycles. The van der Waals surface area contributed by atoms with Gasteiger partial charge in [-0.05, 0) is 0 Å². The summed E-state index contributed by atoms with van der Waals surface area (Å²) >= 11 is 0. The third-order valence-electron chi connectivity index (χ3n) is 1.77. The summed E-state index contributed by atoms with van der Waals surface area (Å²) in [7, 11) is -5.31. The topological polar surface area (TPSA) is 187 Å². The summed E-state index contributed by atoms with van der Waals surface area (Å²) in [4.78, 5) is 57.2. The fourth-order valence-corrected chi connectivity index (χ4v) is 1.28. The van der Waals surface area contributed by atoms with Gasteiger partial charge in [-0.1, -0.05) is 0 Å². The SMILES string of the molecule is O=C(Nc1c[nH]c(=O)[nH]c1=O)C(O)COP(=O)([O-])[O-].[Na+].[Na+]. The van der Waals surface area contributed by atoms with Crippen molar-refractivity contribution in [3.05, 3.63) is 27.0 Å². The summed E-state index contributed by atoms with van der Waals surface area (Å²) in [6.07, 6.45) is -1.11. The Bertz CT molecular complexity index is 625. The molecule has 0 saturated carbocycles. The van der Waals surface area contributed by atoms with Crippen LogP contribution in [0.2, 0.25) is 0 Å². The molecule has 1 heterocycles. The Morgan fingerprint density at radius 2 is 2.00 bits per heavy atom.